The van der Waals surface area contributed by atoms with Gasteiger partial charge in [0.2, 0.25) is 0 Å². The lowest BCUT2D eigenvalue weighted by atomic mass is 10.1. The van der Waals surface area contributed by atoms with Crippen molar-refractivity contribution in [2.45, 2.75) is 24.6 Å². The number of nitrogens with one attached hydrogen (secondary N) is 1. The van der Waals surface area contributed by atoms with E-state index in [1.807, 2.05) is 0 Å². The molecule has 0 aliphatic heterocycles. The van der Waals surface area contributed by atoms with E-state index in [4.69, 9.17) is 10.3 Å². The fourth-order valence-electron chi connectivity index (χ4n) is 1.88. The number of aliphatic hydroxyl groups is 1. The molecule has 8 nitrogen and oxygen atoms in total. The van der Waals surface area contributed by atoms with Crippen LogP contribution in [0.3, 0.4) is 0 Å². The normalized spacial score (nSPS) is 12.8. The van der Waals surface area contributed by atoms with Crippen molar-refractivity contribution in [3.8, 4) is 23.7 Å². The summed E-state index contributed by atoms with van der Waals surface area (Å²) in [5.41, 5.74) is 1.33. The van der Waals surface area contributed by atoms with Crippen molar-refractivity contribution < 1.29 is 23.5 Å². The number of hydrogen-bond acceptors (Lipinski definition) is 6. The van der Waals surface area contributed by atoms with Crippen molar-refractivity contribution in [3.05, 3.63) is 34.2 Å². The molecule has 134 valence electrons. The van der Waals surface area contributed by atoms with Crippen LogP contribution < -0.4 is 11.0 Å². The van der Waals surface area contributed by atoms with E-state index >= 15 is 0 Å². The van der Waals surface area contributed by atoms with E-state index in [1.165, 1.54) is 29.2 Å². The Hall–Kier alpha value is -2.59. The smallest absolute Gasteiger partial charge is 0.264 e. The molecule has 0 aliphatic carbocycles. The molecule has 1 unspecified atom stereocenters. The van der Waals surface area contributed by atoms with Gasteiger partial charge in [0.25, 0.3) is 11.5 Å². The first-order valence-corrected chi connectivity index (χ1v) is 8.99. The van der Waals surface area contributed by atoms with Crippen LogP contribution >= 0.6 is 0 Å². The number of hydroxylamine groups is 1. The van der Waals surface area contributed by atoms with Gasteiger partial charge in [-0.2, -0.15) is 0 Å². The fourth-order valence-corrected chi connectivity index (χ4v) is 2.72. The molecular weight excluding hydrogens is 348 g/mol. The van der Waals surface area contributed by atoms with E-state index in [-0.39, 0.29) is 19.6 Å². The van der Waals surface area contributed by atoms with Crippen LogP contribution in [0, 0.1) is 23.7 Å². The van der Waals surface area contributed by atoms with Gasteiger partial charge in [0.1, 0.15) is 6.61 Å². The summed E-state index contributed by atoms with van der Waals surface area (Å²) in [7, 11) is -3.83. The van der Waals surface area contributed by atoms with Gasteiger partial charge in [-0.3, -0.25) is 14.8 Å². The maximum Gasteiger partial charge on any atom is 0.264 e. The second-order valence-electron chi connectivity index (χ2n) is 5.35. The number of hydrogen-bond donors (Lipinski definition) is 3. The van der Waals surface area contributed by atoms with E-state index in [1.54, 1.807) is 6.07 Å². The number of pyridine rings is 1. The molecular formula is C16H18N2O6S. The standard InChI is InChI=1S/C16H18N2O6S/c1-16(15(21)17-22,25(2,23)24)8-10-18-9-7-13(12-14(18)20)6-4-3-5-11-19/h7,9,12,19,22H,8,10-11H2,1-2H3,(H,17,21). The lowest BCUT2D eigenvalue weighted by molar-refractivity contribution is -0.131. The highest BCUT2D eigenvalue weighted by Crippen LogP contribution is 2.21. The van der Waals surface area contributed by atoms with Gasteiger partial charge in [0.05, 0.1) is 0 Å². The van der Waals surface area contributed by atoms with Gasteiger partial charge < -0.3 is 9.67 Å². The number of aryl methyl sites for hydroxylation is 1. The number of nitrogens with zero attached hydrogens (tertiary/aromatic N) is 1. The summed E-state index contributed by atoms with van der Waals surface area (Å²) >= 11 is 0. The van der Waals surface area contributed by atoms with Gasteiger partial charge >= 0.3 is 0 Å². The third-order valence-electron chi connectivity index (χ3n) is 3.66. The Morgan fingerprint density at radius 3 is 2.60 bits per heavy atom. The van der Waals surface area contributed by atoms with Crippen LogP contribution in [0.1, 0.15) is 18.9 Å². The molecule has 1 aromatic heterocycles. The van der Waals surface area contributed by atoms with Gasteiger partial charge in [0, 0.05) is 30.6 Å². The summed E-state index contributed by atoms with van der Waals surface area (Å²) in [4.78, 5) is 23.8. The third-order valence-corrected chi connectivity index (χ3v) is 5.69. The quantitative estimate of drug-likeness (QED) is 0.345. The van der Waals surface area contributed by atoms with Gasteiger partial charge in [0.15, 0.2) is 14.6 Å². The molecule has 0 radical (unpaired) electrons. The Labute approximate surface area is 145 Å². The fraction of sp³-hybridized carbons (Fsp3) is 0.375. The number of aromatic nitrogens is 1. The Bertz CT molecular complexity index is 927. The number of aliphatic hydroxyl groups excluding tert-OH is 1. The zero-order valence-corrected chi connectivity index (χ0v) is 14.6. The molecule has 25 heavy (non-hydrogen) atoms. The van der Waals surface area contributed by atoms with Crippen LogP contribution in [0.4, 0.5) is 0 Å². The van der Waals surface area contributed by atoms with Crippen molar-refractivity contribution >= 4 is 15.7 Å². The van der Waals surface area contributed by atoms with Crippen LogP contribution in [-0.4, -0.2) is 46.8 Å². The first-order chi connectivity index (χ1) is 11.7. The van der Waals surface area contributed by atoms with Crippen LogP contribution in [0.25, 0.3) is 0 Å². The summed E-state index contributed by atoms with van der Waals surface area (Å²) in [6.07, 6.45) is 2.10. The molecule has 0 aromatic carbocycles. The third kappa shape index (κ3) is 5.19. The van der Waals surface area contributed by atoms with Crippen molar-refractivity contribution in [2.75, 3.05) is 12.9 Å². The Balaban J connectivity index is 3.02. The zero-order valence-electron chi connectivity index (χ0n) is 13.7. The molecule has 0 saturated heterocycles. The summed E-state index contributed by atoms with van der Waals surface area (Å²) in [6, 6.07) is 2.79. The number of carbonyl (C=O) groups is 1. The highest BCUT2D eigenvalue weighted by Gasteiger charge is 2.43. The Morgan fingerprint density at radius 1 is 1.40 bits per heavy atom. The van der Waals surface area contributed by atoms with Gasteiger partial charge in [-0.05, 0) is 31.3 Å². The molecule has 1 atom stereocenters. The highest BCUT2D eigenvalue weighted by molar-refractivity contribution is 7.92. The van der Waals surface area contributed by atoms with E-state index in [0.717, 1.165) is 6.26 Å². The summed E-state index contributed by atoms with van der Waals surface area (Å²) in [6.45, 7) is 0.823. The zero-order chi connectivity index (χ0) is 19.1. The monoisotopic (exact) mass is 366 g/mol. The second kappa shape index (κ2) is 8.49. The average Bonchev–Trinajstić information content (AvgIpc) is 2.55. The highest BCUT2D eigenvalue weighted by atomic mass is 32.2. The second-order valence-corrected chi connectivity index (χ2v) is 7.80. The summed E-state index contributed by atoms with van der Waals surface area (Å²) < 4.78 is 23.1. The van der Waals surface area contributed by atoms with Gasteiger partial charge in [-0.25, -0.2) is 13.9 Å². The van der Waals surface area contributed by atoms with Crippen LogP contribution in [0.15, 0.2) is 23.1 Å². The first kappa shape index (κ1) is 20.5. The maximum atomic E-state index is 12.1. The van der Waals surface area contributed by atoms with E-state index in [9.17, 15) is 18.0 Å². The van der Waals surface area contributed by atoms with E-state index < -0.39 is 26.1 Å². The average molecular weight is 366 g/mol. The minimum absolute atomic E-state index is 0.0478. The molecule has 9 heteroatoms. The molecule has 1 rings (SSSR count). The molecule has 0 spiro atoms. The lowest BCUT2D eigenvalue weighted by Gasteiger charge is -2.25. The number of rotatable bonds is 5. The minimum Gasteiger partial charge on any atom is -0.384 e. The molecule has 0 bridgehead atoms. The molecule has 1 heterocycles. The van der Waals surface area contributed by atoms with Crippen molar-refractivity contribution in [2.24, 2.45) is 0 Å². The topological polar surface area (TPSA) is 126 Å². The lowest BCUT2D eigenvalue weighted by Crippen LogP contribution is -2.49. The predicted molar refractivity (Wildman–Crippen MR) is 90.2 cm³/mol. The number of amides is 1. The van der Waals surface area contributed by atoms with Crippen molar-refractivity contribution in [3.63, 3.8) is 0 Å². The molecule has 1 amide bonds. The van der Waals surface area contributed by atoms with Crippen LogP contribution in [0.5, 0.6) is 0 Å². The molecule has 0 fully saturated rings. The minimum atomic E-state index is -3.83. The Kier molecular flexibility index (Phi) is 6.95. The van der Waals surface area contributed by atoms with Crippen molar-refractivity contribution in [1.82, 2.24) is 10.0 Å². The van der Waals surface area contributed by atoms with E-state index in [0.29, 0.717) is 5.56 Å². The van der Waals surface area contributed by atoms with E-state index in [2.05, 4.69) is 23.7 Å². The maximum absolute atomic E-state index is 12.1. The molecule has 0 saturated carbocycles. The van der Waals surface area contributed by atoms with Gasteiger partial charge in [-0.15, -0.1) is 0 Å². The SMILES string of the molecule is CC(CCn1ccc(C#CC#CCO)cc1=O)(C(=O)NO)S(C)(=O)=O. The first-order valence-electron chi connectivity index (χ1n) is 7.10. The van der Waals surface area contributed by atoms with Gasteiger partial charge in [-0.1, -0.05) is 11.8 Å². The van der Waals surface area contributed by atoms with Crippen LogP contribution in [0.2, 0.25) is 0 Å². The molecule has 1 aromatic rings. The summed E-state index contributed by atoms with van der Waals surface area (Å²) in [5.74, 6) is 8.78. The van der Waals surface area contributed by atoms with Crippen LogP contribution in [-0.2, 0) is 21.2 Å². The molecule has 0 aliphatic rings. The predicted octanol–water partition coefficient (Wildman–Crippen LogP) is -1.11. The Morgan fingerprint density at radius 2 is 2.08 bits per heavy atom. The number of carbonyl (C=O) groups excluding carboxylic acids is 1. The molecule has 3 N–H and O–H groups in total. The van der Waals surface area contributed by atoms with Crippen molar-refractivity contribution in [1.29, 1.82) is 0 Å². The number of sulfone groups is 1. The summed E-state index contributed by atoms with van der Waals surface area (Å²) in [5, 5.41) is 17.3. The largest absolute Gasteiger partial charge is 0.384 e.